The van der Waals surface area contributed by atoms with Gasteiger partial charge in [-0.1, -0.05) is 30.5 Å². The summed E-state index contributed by atoms with van der Waals surface area (Å²) < 4.78 is 4.30. The summed E-state index contributed by atoms with van der Waals surface area (Å²) in [5.41, 5.74) is 1.17. The van der Waals surface area contributed by atoms with Gasteiger partial charge >= 0.3 is 5.97 Å². The Balaban J connectivity index is 2.14. The Morgan fingerprint density at radius 1 is 1.30 bits per heavy atom. The summed E-state index contributed by atoms with van der Waals surface area (Å²) in [6, 6.07) is 7.06. The van der Waals surface area contributed by atoms with Gasteiger partial charge < -0.3 is 15.2 Å². The molecule has 1 aromatic carbocycles. The van der Waals surface area contributed by atoms with E-state index >= 15 is 0 Å². The Bertz CT molecular complexity index is 552. The fraction of sp³-hybridized carbons (Fsp3) is 0.529. The molecular weight excluding hydrogens is 314 g/mol. The number of thioether (sulfide) groups is 1. The second kappa shape index (κ2) is 7.84. The number of aliphatic carboxylic acids is 1. The monoisotopic (exact) mass is 337 g/mol. The van der Waals surface area contributed by atoms with Crippen LogP contribution in [0.25, 0.3) is 0 Å². The first-order valence-electron chi connectivity index (χ1n) is 7.75. The van der Waals surface area contributed by atoms with Crippen LogP contribution in [0.1, 0.15) is 31.2 Å². The molecule has 5 nitrogen and oxygen atoms in total. The van der Waals surface area contributed by atoms with Gasteiger partial charge in [-0.2, -0.15) is 0 Å². The molecule has 6 heteroatoms. The van der Waals surface area contributed by atoms with Crippen LogP contribution in [-0.4, -0.2) is 41.5 Å². The molecule has 1 unspecified atom stereocenters. The Morgan fingerprint density at radius 3 is 2.43 bits per heavy atom. The lowest BCUT2D eigenvalue weighted by atomic mass is 10.1. The van der Waals surface area contributed by atoms with Crippen molar-refractivity contribution in [3.8, 4) is 0 Å². The van der Waals surface area contributed by atoms with Gasteiger partial charge in [0.15, 0.2) is 6.04 Å². The van der Waals surface area contributed by atoms with Crippen LogP contribution in [-0.2, 0) is 14.3 Å². The zero-order chi connectivity index (χ0) is 16.9. The second-order valence-electron chi connectivity index (χ2n) is 5.94. The van der Waals surface area contributed by atoms with Crippen molar-refractivity contribution in [2.45, 2.75) is 48.3 Å². The van der Waals surface area contributed by atoms with E-state index in [0.29, 0.717) is 0 Å². The number of rotatable bonds is 7. The number of carbonyl (C=O) groups excluding carboxylic acids is 1. The third-order valence-electron chi connectivity index (χ3n) is 4.10. The lowest BCUT2D eigenvalue weighted by Gasteiger charge is -2.28. The van der Waals surface area contributed by atoms with Gasteiger partial charge in [0.25, 0.3) is 0 Å². The van der Waals surface area contributed by atoms with Crippen LogP contribution in [0.15, 0.2) is 29.2 Å². The topological polar surface area (TPSA) is 75.6 Å². The number of ether oxygens (including phenoxy) is 1. The summed E-state index contributed by atoms with van der Waals surface area (Å²) in [5.74, 6) is -1.28. The number of aryl methyl sites for hydroxylation is 1. The molecule has 1 aliphatic rings. The lowest BCUT2D eigenvalue weighted by Crippen LogP contribution is -2.51. The zero-order valence-electron chi connectivity index (χ0n) is 13.5. The van der Waals surface area contributed by atoms with Gasteiger partial charge in [-0.25, -0.2) is 4.79 Å². The molecule has 0 spiro atoms. The van der Waals surface area contributed by atoms with E-state index in [2.05, 4.69) is 5.32 Å². The van der Waals surface area contributed by atoms with Crippen molar-refractivity contribution < 1.29 is 19.4 Å². The second-order valence-corrected chi connectivity index (χ2v) is 7.39. The Kier molecular flexibility index (Phi) is 6.07. The van der Waals surface area contributed by atoms with E-state index in [4.69, 9.17) is 4.74 Å². The first-order valence-corrected chi connectivity index (χ1v) is 8.57. The number of benzene rings is 1. The molecule has 1 aliphatic carbocycles. The van der Waals surface area contributed by atoms with Gasteiger partial charge in [0, 0.05) is 12.0 Å². The predicted octanol–water partition coefficient (Wildman–Crippen LogP) is 2.62. The molecule has 0 bridgehead atoms. The normalized spacial score (nSPS) is 17.7. The van der Waals surface area contributed by atoms with E-state index in [9.17, 15) is 14.7 Å². The molecule has 23 heavy (non-hydrogen) atoms. The zero-order valence-corrected chi connectivity index (χ0v) is 14.3. The summed E-state index contributed by atoms with van der Waals surface area (Å²) >= 11 is 1.54. The quantitative estimate of drug-likeness (QED) is 0.800. The molecule has 1 aromatic rings. The van der Waals surface area contributed by atoms with Crippen LogP contribution in [0.2, 0.25) is 0 Å². The fourth-order valence-electron chi connectivity index (χ4n) is 2.78. The van der Waals surface area contributed by atoms with Crippen LogP contribution in [0, 0.1) is 6.92 Å². The smallest absolute Gasteiger partial charge is 0.328 e. The highest BCUT2D eigenvalue weighted by Gasteiger charge is 2.43. The van der Waals surface area contributed by atoms with Gasteiger partial charge in [-0.05, 0) is 31.9 Å². The molecule has 0 heterocycles. The molecule has 0 radical (unpaired) electrons. The SMILES string of the molecule is COCC(NC(=O)C1(Sc2ccc(C)cc2)CCCC1)C(=O)O. The molecule has 2 N–H and O–H groups in total. The van der Waals surface area contributed by atoms with Gasteiger partial charge in [0.1, 0.15) is 0 Å². The van der Waals surface area contributed by atoms with Crippen LogP contribution < -0.4 is 5.32 Å². The van der Waals surface area contributed by atoms with Crippen molar-refractivity contribution in [3.63, 3.8) is 0 Å². The molecule has 1 atom stereocenters. The number of carboxylic acids is 1. The Hall–Kier alpha value is -1.53. The van der Waals surface area contributed by atoms with Crippen LogP contribution in [0.5, 0.6) is 0 Å². The molecule has 1 saturated carbocycles. The summed E-state index contributed by atoms with van der Waals surface area (Å²) in [7, 11) is 1.43. The number of amides is 1. The van der Waals surface area contributed by atoms with E-state index in [1.807, 2.05) is 31.2 Å². The maximum Gasteiger partial charge on any atom is 0.328 e. The molecule has 1 fully saturated rings. The molecule has 0 aliphatic heterocycles. The summed E-state index contributed by atoms with van der Waals surface area (Å²) in [4.78, 5) is 25.0. The largest absolute Gasteiger partial charge is 0.480 e. The van der Waals surface area contributed by atoms with Crippen molar-refractivity contribution in [2.75, 3.05) is 13.7 Å². The van der Waals surface area contributed by atoms with Crippen molar-refractivity contribution in [3.05, 3.63) is 29.8 Å². The first-order chi connectivity index (χ1) is 11.0. The Labute approximate surface area is 140 Å². The number of nitrogens with one attached hydrogen (secondary N) is 1. The number of hydrogen-bond acceptors (Lipinski definition) is 4. The highest BCUT2D eigenvalue weighted by atomic mass is 32.2. The minimum absolute atomic E-state index is 0.0354. The molecule has 1 amide bonds. The predicted molar refractivity (Wildman–Crippen MR) is 89.7 cm³/mol. The van der Waals surface area contributed by atoms with Crippen LogP contribution >= 0.6 is 11.8 Å². The number of hydrogen-bond donors (Lipinski definition) is 2. The summed E-state index contributed by atoms with van der Waals surface area (Å²) in [6.07, 6.45) is 3.48. The molecule has 126 valence electrons. The summed E-state index contributed by atoms with van der Waals surface area (Å²) in [6.45, 7) is 1.99. The average molecular weight is 337 g/mol. The minimum atomic E-state index is -1.08. The third kappa shape index (κ3) is 4.48. The van der Waals surface area contributed by atoms with Crippen molar-refractivity contribution in [2.24, 2.45) is 0 Å². The Morgan fingerprint density at radius 2 is 1.91 bits per heavy atom. The standard InChI is InChI=1S/C17H23NO4S/c1-12-5-7-13(8-6-12)23-17(9-3-4-10-17)16(21)18-14(11-22-2)15(19)20/h5-8,14H,3-4,9-11H2,1-2H3,(H,18,21)(H,19,20). The van der Waals surface area contributed by atoms with Gasteiger partial charge in [-0.15, -0.1) is 11.8 Å². The third-order valence-corrected chi connectivity index (χ3v) is 5.59. The van der Waals surface area contributed by atoms with E-state index in [-0.39, 0.29) is 12.5 Å². The first kappa shape index (κ1) is 17.8. The van der Waals surface area contributed by atoms with Gasteiger partial charge in [-0.3, -0.25) is 4.79 Å². The molecule has 0 aromatic heterocycles. The maximum atomic E-state index is 12.8. The number of carboxylic acid groups (broad SMARTS) is 1. The maximum absolute atomic E-state index is 12.8. The molecule has 2 rings (SSSR count). The van der Waals surface area contributed by atoms with E-state index in [1.54, 1.807) is 11.8 Å². The number of methoxy groups -OCH3 is 1. The fourth-order valence-corrected chi connectivity index (χ4v) is 4.15. The van der Waals surface area contributed by atoms with E-state index < -0.39 is 16.8 Å². The van der Waals surface area contributed by atoms with Gasteiger partial charge in [0.2, 0.25) is 5.91 Å². The number of carbonyl (C=O) groups is 2. The van der Waals surface area contributed by atoms with Crippen molar-refractivity contribution >= 4 is 23.6 Å². The van der Waals surface area contributed by atoms with E-state index in [0.717, 1.165) is 30.6 Å². The van der Waals surface area contributed by atoms with Crippen LogP contribution in [0.3, 0.4) is 0 Å². The lowest BCUT2D eigenvalue weighted by molar-refractivity contribution is -0.143. The molecular formula is C17H23NO4S. The van der Waals surface area contributed by atoms with Crippen molar-refractivity contribution in [1.82, 2.24) is 5.32 Å². The van der Waals surface area contributed by atoms with Crippen LogP contribution in [0.4, 0.5) is 0 Å². The van der Waals surface area contributed by atoms with E-state index in [1.165, 1.54) is 12.7 Å². The van der Waals surface area contributed by atoms with Crippen molar-refractivity contribution in [1.29, 1.82) is 0 Å². The molecule has 0 saturated heterocycles. The van der Waals surface area contributed by atoms with Gasteiger partial charge in [0.05, 0.1) is 11.4 Å². The highest BCUT2D eigenvalue weighted by Crippen LogP contribution is 2.45. The summed E-state index contributed by atoms with van der Waals surface area (Å²) in [5, 5.41) is 11.8. The highest BCUT2D eigenvalue weighted by molar-refractivity contribution is 8.01. The average Bonchev–Trinajstić information content (AvgIpc) is 2.99. The minimum Gasteiger partial charge on any atom is -0.480 e.